The van der Waals surface area contributed by atoms with Gasteiger partial charge in [0.1, 0.15) is 11.5 Å². The summed E-state index contributed by atoms with van der Waals surface area (Å²) in [5.41, 5.74) is 3.59. The zero-order chi connectivity index (χ0) is 19.1. The number of benzene rings is 2. The molecule has 2 N–H and O–H groups in total. The fraction of sp³-hybridized carbons (Fsp3) is 0.318. The lowest BCUT2D eigenvalue weighted by atomic mass is 10.00. The van der Waals surface area contributed by atoms with Gasteiger partial charge in [-0.05, 0) is 35.6 Å². The number of methoxy groups -OCH3 is 1. The van der Waals surface area contributed by atoms with Gasteiger partial charge in [-0.15, -0.1) is 24.0 Å². The zero-order valence-corrected chi connectivity index (χ0v) is 18.7. The maximum Gasteiger partial charge on any atom is 0.193 e. The molecule has 1 heterocycles. The van der Waals surface area contributed by atoms with Gasteiger partial charge in [0.15, 0.2) is 5.96 Å². The monoisotopic (exact) mass is 493 g/mol. The van der Waals surface area contributed by atoms with Gasteiger partial charge in [-0.2, -0.15) is 0 Å². The summed E-state index contributed by atoms with van der Waals surface area (Å²) in [4.78, 5) is 6.66. The number of nitrogens with one attached hydrogen (secondary N) is 1. The number of hydrogen-bond donors (Lipinski definition) is 2. The molecule has 0 aliphatic carbocycles. The van der Waals surface area contributed by atoms with Crippen molar-refractivity contribution in [3.05, 3.63) is 65.7 Å². The van der Waals surface area contributed by atoms with Gasteiger partial charge in [0.25, 0.3) is 0 Å². The largest absolute Gasteiger partial charge is 0.508 e. The van der Waals surface area contributed by atoms with Gasteiger partial charge >= 0.3 is 0 Å². The van der Waals surface area contributed by atoms with E-state index in [4.69, 9.17) is 4.74 Å². The van der Waals surface area contributed by atoms with Crippen molar-refractivity contribution < 1.29 is 9.84 Å². The van der Waals surface area contributed by atoms with E-state index in [2.05, 4.69) is 45.6 Å². The molecule has 2 aromatic carbocycles. The van der Waals surface area contributed by atoms with Crippen molar-refractivity contribution >= 4 is 35.5 Å². The van der Waals surface area contributed by atoms with E-state index in [1.54, 1.807) is 13.2 Å². The normalized spacial score (nSPS) is 14.1. The van der Waals surface area contributed by atoms with Gasteiger partial charge in [0.05, 0.1) is 7.11 Å². The van der Waals surface area contributed by atoms with E-state index in [1.807, 2.05) is 25.2 Å². The molecule has 0 spiro atoms. The molecule has 0 aromatic heterocycles. The van der Waals surface area contributed by atoms with Gasteiger partial charge in [0.2, 0.25) is 0 Å². The van der Waals surface area contributed by atoms with Crippen molar-refractivity contribution in [1.82, 2.24) is 10.2 Å². The Morgan fingerprint density at radius 1 is 1.21 bits per heavy atom. The topological polar surface area (TPSA) is 57.1 Å². The molecule has 0 unspecified atom stereocenters. The highest BCUT2D eigenvalue weighted by molar-refractivity contribution is 14.0. The van der Waals surface area contributed by atoms with Gasteiger partial charge in [-0.1, -0.05) is 42.5 Å². The van der Waals surface area contributed by atoms with Crippen molar-refractivity contribution in [2.75, 3.05) is 33.8 Å². The molecule has 2 aromatic rings. The summed E-state index contributed by atoms with van der Waals surface area (Å²) in [5, 5.41) is 13.5. The van der Waals surface area contributed by atoms with Crippen LogP contribution in [0.1, 0.15) is 17.5 Å². The molecule has 0 amide bonds. The van der Waals surface area contributed by atoms with E-state index >= 15 is 0 Å². The number of hydrogen-bond acceptors (Lipinski definition) is 3. The summed E-state index contributed by atoms with van der Waals surface area (Å²) in [6.45, 7) is 2.49. The second kappa shape index (κ2) is 10.9. The van der Waals surface area contributed by atoms with Gasteiger partial charge in [0, 0.05) is 32.7 Å². The van der Waals surface area contributed by atoms with Crippen molar-refractivity contribution in [3.63, 3.8) is 0 Å². The first-order valence-electron chi connectivity index (χ1n) is 9.27. The van der Waals surface area contributed by atoms with Crippen LogP contribution in [0.5, 0.6) is 11.5 Å². The van der Waals surface area contributed by atoms with Crippen LogP contribution in [0, 0.1) is 0 Å². The first kappa shape index (κ1) is 22.1. The molecule has 150 valence electrons. The van der Waals surface area contributed by atoms with Crippen LogP contribution < -0.4 is 10.1 Å². The summed E-state index contributed by atoms with van der Waals surface area (Å²) in [5.74, 6) is 1.82. The molecule has 28 heavy (non-hydrogen) atoms. The van der Waals surface area contributed by atoms with Crippen LogP contribution in [0.2, 0.25) is 0 Å². The molecule has 3 rings (SSSR count). The van der Waals surface area contributed by atoms with Crippen LogP contribution in [0.3, 0.4) is 0 Å². The predicted molar refractivity (Wildman–Crippen MR) is 126 cm³/mol. The standard InChI is InChI=1S/C22H27N3O2.HI/c1-23-22(24-13-10-19-8-9-20(27-2)16-21(19)26)25-14-11-18(12-15-25)17-6-4-3-5-7-17;/h3-9,11,16,26H,10,12-15H2,1-2H3,(H,23,24);1H. The van der Waals surface area contributed by atoms with E-state index in [1.165, 1.54) is 11.1 Å². The fourth-order valence-corrected chi connectivity index (χ4v) is 3.30. The third-order valence-corrected chi connectivity index (χ3v) is 4.83. The van der Waals surface area contributed by atoms with Crippen LogP contribution >= 0.6 is 24.0 Å². The van der Waals surface area contributed by atoms with Crippen LogP contribution in [-0.2, 0) is 6.42 Å². The molecule has 0 radical (unpaired) electrons. The lowest BCUT2D eigenvalue weighted by molar-refractivity contribution is 0.406. The number of phenolic OH excluding ortho intramolecular Hbond substituents is 1. The second-order valence-electron chi connectivity index (χ2n) is 6.51. The van der Waals surface area contributed by atoms with E-state index in [-0.39, 0.29) is 29.7 Å². The Hall–Kier alpha value is -2.22. The average molecular weight is 493 g/mol. The molecular weight excluding hydrogens is 465 g/mol. The van der Waals surface area contributed by atoms with E-state index in [0.29, 0.717) is 18.7 Å². The van der Waals surface area contributed by atoms with Crippen LogP contribution in [0.25, 0.3) is 5.57 Å². The maximum atomic E-state index is 10.1. The Kier molecular flexibility index (Phi) is 8.63. The number of nitrogens with zero attached hydrogens (tertiary/aromatic N) is 2. The van der Waals surface area contributed by atoms with E-state index in [9.17, 15) is 5.11 Å². The molecule has 0 saturated carbocycles. The summed E-state index contributed by atoms with van der Waals surface area (Å²) >= 11 is 0. The third kappa shape index (κ3) is 5.64. The Bertz CT molecular complexity index is 822. The minimum Gasteiger partial charge on any atom is -0.508 e. The number of guanidine groups is 1. The molecule has 0 saturated heterocycles. The Balaban J connectivity index is 0.00000280. The summed E-state index contributed by atoms with van der Waals surface area (Å²) in [7, 11) is 3.40. The van der Waals surface area contributed by atoms with Gasteiger partial charge in [-0.25, -0.2) is 0 Å². The minimum atomic E-state index is 0. The van der Waals surface area contributed by atoms with Crippen LogP contribution in [0.4, 0.5) is 0 Å². The molecule has 1 aliphatic rings. The van der Waals surface area contributed by atoms with Crippen molar-refractivity contribution in [2.45, 2.75) is 12.8 Å². The number of aliphatic imine (C=N–C) groups is 1. The molecular formula is C22H28IN3O2. The fourth-order valence-electron chi connectivity index (χ4n) is 3.30. The highest BCUT2D eigenvalue weighted by atomic mass is 127. The second-order valence-corrected chi connectivity index (χ2v) is 6.51. The molecule has 1 aliphatic heterocycles. The molecule has 0 fully saturated rings. The molecule has 0 bridgehead atoms. The Labute approximate surface area is 184 Å². The van der Waals surface area contributed by atoms with Crippen molar-refractivity contribution in [3.8, 4) is 11.5 Å². The minimum absolute atomic E-state index is 0. The summed E-state index contributed by atoms with van der Waals surface area (Å²) in [6, 6.07) is 15.9. The lowest BCUT2D eigenvalue weighted by Gasteiger charge is -2.29. The number of aromatic hydroxyl groups is 1. The molecule has 6 heteroatoms. The van der Waals surface area contributed by atoms with E-state index < -0.39 is 0 Å². The van der Waals surface area contributed by atoms with Crippen LogP contribution in [-0.4, -0.2) is 49.8 Å². The van der Waals surface area contributed by atoms with Gasteiger partial charge in [-0.3, -0.25) is 4.99 Å². The molecule has 5 nitrogen and oxygen atoms in total. The van der Waals surface area contributed by atoms with E-state index in [0.717, 1.165) is 31.0 Å². The SMILES string of the molecule is CN=C(NCCc1ccc(OC)cc1O)N1CC=C(c2ccccc2)CC1.I. The first-order chi connectivity index (χ1) is 13.2. The highest BCUT2D eigenvalue weighted by Crippen LogP contribution is 2.24. The third-order valence-electron chi connectivity index (χ3n) is 4.83. The Morgan fingerprint density at radius 2 is 2.00 bits per heavy atom. The summed E-state index contributed by atoms with van der Waals surface area (Å²) < 4.78 is 5.12. The quantitative estimate of drug-likeness (QED) is 0.377. The zero-order valence-electron chi connectivity index (χ0n) is 16.4. The lowest BCUT2D eigenvalue weighted by Crippen LogP contribution is -2.44. The predicted octanol–water partition coefficient (Wildman–Crippen LogP) is 3.93. The highest BCUT2D eigenvalue weighted by Gasteiger charge is 2.16. The molecule has 0 atom stereocenters. The Morgan fingerprint density at radius 3 is 2.61 bits per heavy atom. The van der Waals surface area contributed by atoms with Crippen molar-refractivity contribution in [1.29, 1.82) is 0 Å². The average Bonchev–Trinajstić information content (AvgIpc) is 2.73. The van der Waals surface area contributed by atoms with Crippen molar-refractivity contribution in [2.24, 2.45) is 4.99 Å². The number of ether oxygens (including phenoxy) is 1. The first-order valence-corrected chi connectivity index (χ1v) is 9.27. The smallest absolute Gasteiger partial charge is 0.193 e. The number of phenols is 1. The number of rotatable bonds is 5. The maximum absolute atomic E-state index is 10.1. The number of halogens is 1. The van der Waals surface area contributed by atoms with Crippen LogP contribution in [0.15, 0.2) is 59.6 Å². The van der Waals surface area contributed by atoms with Gasteiger partial charge < -0.3 is 20.1 Å². The summed E-state index contributed by atoms with van der Waals surface area (Å²) in [6.07, 6.45) is 4.00.